The number of rotatable bonds is 5. The summed E-state index contributed by atoms with van der Waals surface area (Å²) < 4.78 is 5.14. The van der Waals surface area contributed by atoms with Gasteiger partial charge in [0.1, 0.15) is 17.4 Å². The lowest BCUT2D eigenvalue weighted by Crippen LogP contribution is -3.11. The summed E-state index contributed by atoms with van der Waals surface area (Å²) in [5, 5.41) is 3.30. The molecule has 0 bridgehead atoms. The zero-order valence-corrected chi connectivity index (χ0v) is 13.8. The number of anilines is 1. The predicted molar refractivity (Wildman–Crippen MR) is 83.4 cm³/mol. The molecule has 1 atom stereocenters. The molecule has 0 saturated carbocycles. The number of thiophene rings is 1. The van der Waals surface area contributed by atoms with E-state index < -0.39 is 0 Å². The number of ether oxygens (including phenoxy) is 1. The molecule has 1 aliphatic heterocycles. The van der Waals surface area contributed by atoms with E-state index in [1.807, 2.05) is 0 Å². The Labute approximate surface area is 133 Å². The Hall–Kier alpha value is -1.11. The maximum Gasteiger partial charge on any atom is 0.341 e. The molecule has 7 heteroatoms. The third-order valence-electron chi connectivity index (χ3n) is 3.58. The van der Waals surface area contributed by atoms with E-state index >= 15 is 0 Å². The van der Waals surface area contributed by atoms with Crippen LogP contribution in [-0.2, 0) is 22.5 Å². The van der Waals surface area contributed by atoms with Crippen molar-refractivity contribution in [3.63, 3.8) is 0 Å². The average Bonchev–Trinajstić information content (AvgIpc) is 2.83. The highest BCUT2D eigenvalue weighted by molar-refractivity contribution is 7.17. The number of carbonyl (C=O) groups is 2. The van der Waals surface area contributed by atoms with E-state index in [4.69, 9.17) is 16.3 Å². The number of hydrogen-bond acceptors (Lipinski definition) is 4. The first-order chi connectivity index (χ1) is 10.1. The molecule has 0 radical (unpaired) electrons. The Morgan fingerprint density at radius 3 is 2.81 bits per heavy atom. The molecule has 1 amide bonds. The lowest BCUT2D eigenvalue weighted by Gasteiger charge is -2.22. The summed E-state index contributed by atoms with van der Waals surface area (Å²) in [5.41, 5.74) is 1.55. The molecule has 2 heterocycles. The Morgan fingerprint density at radius 2 is 2.19 bits per heavy atom. The van der Waals surface area contributed by atoms with Gasteiger partial charge >= 0.3 is 5.97 Å². The van der Waals surface area contributed by atoms with Crippen LogP contribution in [0.5, 0.6) is 0 Å². The van der Waals surface area contributed by atoms with Gasteiger partial charge in [0.05, 0.1) is 30.1 Å². The third-order valence-corrected chi connectivity index (χ3v) is 4.97. The zero-order chi connectivity index (χ0) is 15.4. The SMILES string of the molecule is CCOC(=O)c1c(NC(=O)CCl)sc2c1CC[NH+](CC)C2. The fraction of sp³-hybridized carbons (Fsp3) is 0.571. The molecule has 116 valence electrons. The first-order valence-corrected chi connectivity index (χ1v) is 8.46. The van der Waals surface area contributed by atoms with Crippen LogP contribution in [0.1, 0.15) is 34.6 Å². The molecule has 1 aromatic rings. The fourth-order valence-corrected chi connectivity index (χ4v) is 3.90. The van der Waals surface area contributed by atoms with Gasteiger partial charge in [-0.05, 0) is 19.4 Å². The van der Waals surface area contributed by atoms with Crippen molar-refractivity contribution in [2.24, 2.45) is 0 Å². The molecular formula is C14H20ClN2O3S+. The summed E-state index contributed by atoms with van der Waals surface area (Å²) in [4.78, 5) is 26.4. The van der Waals surface area contributed by atoms with Crippen molar-refractivity contribution in [1.29, 1.82) is 0 Å². The van der Waals surface area contributed by atoms with E-state index in [0.717, 1.165) is 36.5 Å². The summed E-state index contributed by atoms with van der Waals surface area (Å²) in [7, 11) is 0. The molecule has 2 rings (SSSR count). The first kappa shape index (κ1) is 16.3. The highest BCUT2D eigenvalue weighted by Gasteiger charge is 2.30. The van der Waals surface area contributed by atoms with Crippen molar-refractivity contribution < 1.29 is 19.2 Å². The largest absolute Gasteiger partial charge is 0.462 e. The Balaban J connectivity index is 2.37. The number of esters is 1. The second-order valence-corrected chi connectivity index (χ2v) is 6.26. The quantitative estimate of drug-likeness (QED) is 0.626. The molecule has 1 aromatic heterocycles. The van der Waals surface area contributed by atoms with Gasteiger partial charge in [-0.15, -0.1) is 22.9 Å². The van der Waals surface area contributed by atoms with Crippen LogP contribution in [0, 0.1) is 0 Å². The van der Waals surface area contributed by atoms with Crippen molar-refractivity contribution >= 4 is 39.8 Å². The van der Waals surface area contributed by atoms with E-state index in [2.05, 4.69) is 12.2 Å². The molecule has 0 spiro atoms. The number of alkyl halides is 1. The van der Waals surface area contributed by atoms with Crippen molar-refractivity contribution in [3.8, 4) is 0 Å². The van der Waals surface area contributed by atoms with Gasteiger partial charge in [0.2, 0.25) is 5.91 Å². The number of hydrogen-bond donors (Lipinski definition) is 2. The number of quaternary nitrogens is 1. The van der Waals surface area contributed by atoms with Gasteiger partial charge in [-0.1, -0.05) is 0 Å². The normalized spacial score (nSPS) is 17.2. The van der Waals surface area contributed by atoms with Gasteiger partial charge < -0.3 is 15.0 Å². The van der Waals surface area contributed by atoms with E-state index in [9.17, 15) is 9.59 Å². The molecule has 0 aromatic carbocycles. The molecule has 5 nitrogen and oxygen atoms in total. The fourth-order valence-electron chi connectivity index (χ4n) is 2.51. The Kier molecular flexibility index (Phi) is 5.61. The number of likely N-dealkylation sites (N-methyl/N-ethyl adjacent to an activating group) is 1. The van der Waals surface area contributed by atoms with Crippen LogP contribution in [0.15, 0.2) is 0 Å². The van der Waals surface area contributed by atoms with Gasteiger partial charge in [-0.25, -0.2) is 4.79 Å². The topological polar surface area (TPSA) is 59.8 Å². The predicted octanol–water partition coefficient (Wildman–Crippen LogP) is 1.06. The number of fused-ring (bicyclic) bond motifs is 1. The van der Waals surface area contributed by atoms with Crippen LogP contribution in [0.25, 0.3) is 0 Å². The molecule has 0 fully saturated rings. The smallest absolute Gasteiger partial charge is 0.341 e. The zero-order valence-electron chi connectivity index (χ0n) is 12.3. The summed E-state index contributed by atoms with van der Waals surface area (Å²) >= 11 is 7.01. The van der Waals surface area contributed by atoms with Crippen LogP contribution in [0.3, 0.4) is 0 Å². The lowest BCUT2D eigenvalue weighted by atomic mass is 10.0. The molecular weight excluding hydrogens is 312 g/mol. The van der Waals surface area contributed by atoms with Crippen LogP contribution in [0.2, 0.25) is 0 Å². The first-order valence-electron chi connectivity index (χ1n) is 7.11. The van der Waals surface area contributed by atoms with Gasteiger partial charge in [-0.3, -0.25) is 4.79 Å². The van der Waals surface area contributed by atoms with Gasteiger partial charge in [0, 0.05) is 6.42 Å². The molecule has 0 aliphatic carbocycles. The molecule has 1 unspecified atom stereocenters. The Morgan fingerprint density at radius 1 is 1.43 bits per heavy atom. The van der Waals surface area contributed by atoms with Crippen molar-refractivity contribution in [2.45, 2.75) is 26.8 Å². The third kappa shape index (κ3) is 3.56. The minimum atomic E-state index is -0.361. The van der Waals surface area contributed by atoms with E-state index in [0.29, 0.717) is 17.2 Å². The van der Waals surface area contributed by atoms with Crippen LogP contribution in [0.4, 0.5) is 5.00 Å². The van der Waals surface area contributed by atoms with Crippen molar-refractivity contribution in [1.82, 2.24) is 0 Å². The van der Waals surface area contributed by atoms with Gasteiger partial charge in [-0.2, -0.15) is 0 Å². The molecule has 0 saturated heterocycles. The summed E-state index contributed by atoms with van der Waals surface area (Å²) in [5.74, 6) is -0.794. The van der Waals surface area contributed by atoms with Crippen LogP contribution in [-0.4, -0.2) is 37.5 Å². The van der Waals surface area contributed by atoms with Crippen LogP contribution >= 0.6 is 22.9 Å². The maximum atomic E-state index is 12.2. The lowest BCUT2D eigenvalue weighted by molar-refractivity contribution is -0.913. The minimum Gasteiger partial charge on any atom is -0.462 e. The second-order valence-electron chi connectivity index (χ2n) is 4.89. The van der Waals surface area contributed by atoms with Gasteiger partial charge in [0.15, 0.2) is 0 Å². The standard InChI is InChI=1S/C14H19ClN2O3S/c1-3-17-6-5-9-10(8-17)21-13(16-11(18)7-15)12(9)14(19)20-4-2/h3-8H2,1-2H3,(H,16,18)/p+1. The number of halogens is 1. The molecule has 21 heavy (non-hydrogen) atoms. The maximum absolute atomic E-state index is 12.2. The summed E-state index contributed by atoms with van der Waals surface area (Å²) in [6.45, 7) is 7.18. The van der Waals surface area contributed by atoms with Crippen molar-refractivity contribution in [3.05, 3.63) is 16.0 Å². The number of carbonyl (C=O) groups excluding carboxylic acids is 2. The van der Waals surface area contributed by atoms with E-state index in [1.54, 1.807) is 6.92 Å². The number of amides is 1. The molecule has 2 N–H and O–H groups in total. The van der Waals surface area contributed by atoms with E-state index in [1.165, 1.54) is 16.2 Å². The summed E-state index contributed by atoms with van der Waals surface area (Å²) in [6, 6.07) is 0. The van der Waals surface area contributed by atoms with Crippen molar-refractivity contribution in [2.75, 3.05) is 30.9 Å². The summed E-state index contributed by atoms with van der Waals surface area (Å²) in [6.07, 6.45) is 0.833. The minimum absolute atomic E-state index is 0.128. The second kappa shape index (κ2) is 7.24. The average molecular weight is 332 g/mol. The van der Waals surface area contributed by atoms with Gasteiger partial charge in [0.25, 0.3) is 0 Å². The Bertz CT molecular complexity index is 545. The highest BCUT2D eigenvalue weighted by atomic mass is 35.5. The molecule has 1 aliphatic rings. The highest BCUT2D eigenvalue weighted by Crippen LogP contribution is 2.35. The van der Waals surface area contributed by atoms with Crippen LogP contribution < -0.4 is 10.2 Å². The van der Waals surface area contributed by atoms with E-state index in [-0.39, 0.29) is 17.8 Å². The number of nitrogens with one attached hydrogen (secondary N) is 2. The monoisotopic (exact) mass is 331 g/mol.